The molecule has 0 atom stereocenters. The van der Waals surface area contributed by atoms with Gasteiger partial charge in [-0.05, 0) is 18.2 Å². The molecule has 0 aromatic heterocycles. The Kier molecular flexibility index (Phi) is 3.18. The SMILES string of the molecule is C[N]S(=O)(=O)c1ccc(Cl)cc1Cl. The molecule has 0 unspecified atom stereocenters. The Bertz CT molecular complexity index is 417. The maximum atomic E-state index is 11.2. The first-order valence-corrected chi connectivity index (χ1v) is 5.48. The normalized spacial score (nSPS) is 11.6. The third-order valence-electron chi connectivity index (χ3n) is 1.41. The van der Waals surface area contributed by atoms with Crippen LogP contribution in [0.15, 0.2) is 23.1 Å². The quantitative estimate of drug-likeness (QED) is 0.791. The summed E-state index contributed by atoms with van der Waals surface area (Å²) in [6.45, 7) is 0. The highest BCUT2D eigenvalue weighted by molar-refractivity contribution is 7.89. The minimum absolute atomic E-state index is 0.0268. The Labute approximate surface area is 86.7 Å². The van der Waals surface area contributed by atoms with Gasteiger partial charge in [-0.2, -0.15) is 0 Å². The summed E-state index contributed by atoms with van der Waals surface area (Å²) in [5.74, 6) is 0. The third-order valence-corrected chi connectivity index (χ3v) is 3.46. The average molecular weight is 239 g/mol. The number of hydrogen-bond acceptors (Lipinski definition) is 2. The van der Waals surface area contributed by atoms with Crippen LogP contribution in [0.1, 0.15) is 0 Å². The van der Waals surface area contributed by atoms with E-state index in [1.165, 1.54) is 25.2 Å². The molecule has 1 aromatic rings. The molecule has 0 aliphatic carbocycles. The fourth-order valence-corrected chi connectivity index (χ4v) is 2.23. The molecular formula is C7H6Cl2NO2S. The van der Waals surface area contributed by atoms with Crippen LogP contribution in [0.25, 0.3) is 0 Å². The van der Waals surface area contributed by atoms with Gasteiger partial charge in [0.1, 0.15) is 4.90 Å². The summed E-state index contributed by atoms with van der Waals surface area (Å²) in [7, 11) is -2.42. The van der Waals surface area contributed by atoms with E-state index in [0.717, 1.165) is 0 Å². The van der Waals surface area contributed by atoms with Gasteiger partial charge in [0.25, 0.3) is 10.0 Å². The number of halogens is 2. The van der Waals surface area contributed by atoms with Crippen LogP contribution < -0.4 is 4.72 Å². The fourth-order valence-electron chi connectivity index (χ4n) is 0.783. The van der Waals surface area contributed by atoms with Crippen molar-refractivity contribution in [2.24, 2.45) is 0 Å². The van der Waals surface area contributed by atoms with E-state index in [0.29, 0.717) is 5.02 Å². The van der Waals surface area contributed by atoms with Gasteiger partial charge in [0.05, 0.1) is 5.02 Å². The third kappa shape index (κ3) is 2.34. The Hall–Kier alpha value is -0.290. The molecule has 0 heterocycles. The number of hydrogen-bond donors (Lipinski definition) is 0. The van der Waals surface area contributed by atoms with Crippen LogP contribution in [0, 0.1) is 0 Å². The molecule has 0 N–H and O–H groups in total. The lowest BCUT2D eigenvalue weighted by Gasteiger charge is -2.02. The molecule has 1 rings (SSSR count). The van der Waals surface area contributed by atoms with Gasteiger partial charge in [-0.1, -0.05) is 23.2 Å². The van der Waals surface area contributed by atoms with E-state index < -0.39 is 10.0 Å². The predicted octanol–water partition coefficient (Wildman–Crippen LogP) is 1.92. The Morgan fingerprint density at radius 3 is 2.38 bits per heavy atom. The lowest BCUT2D eigenvalue weighted by molar-refractivity contribution is 0.587. The summed E-state index contributed by atoms with van der Waals surface area (Å²) in [4.78, 5) is -0.0268. The molecule has 0 aliphatic heterocycles. The van der Waals surface area contributed by atoms with Crippen LogP contribution in [0.4, 0.5) is 0 Å². The van der Waals surface area contributed by atoms with Crippen LogP contribution >= 0.6 is 23.2 Å². The van der Waals surface area contributed by atoms with E-state index >= 15 is 0 Å². The highest BCUT2D eigenvalue weighted by Crippen LogP contribution is 2.24. The Morgan fingerprint density at radius 2 is 1.92 bits per heavy atom. The minimum Gasteiger partial charge on any atom is -0.206 e. The first kappa shape index (κ1) is 10.8. The van der Waals surface area contributed by atoms with Crippen molar-refractivity contribution >= 4 is 33.2 Å². The molecule has 0 saturated carbocycles. The van der Waals surface area contributed by atoms with Crippen molar-refractivity contribution in [1.29, 1.82) is 0 Å². The zero-order chi connectivity index (χ0) is 10.1. The second kappa shape index (κ2) is 3.84. The summed E-state index contributed by atoms with van der Waals surface area (Å²) < 4.78 is 25.7. The van der Waals surface area contributed by atoms with E-state index in [4.69, 9.17) is 23.2 Å². The van der Waals surface area contributed by atoms with Crippen molar-refractivity contribution < 1.29 is 8.42 Å². The molecule has 3 nitrogen and oxygen atoms in total. The number of nitrogens with zero attached hydrogens (tertiary/aromatic N) is 1. The largest absolute Gasteiger partial charge is 0.258 e. The van der Waals surface area contributed by atoms with Gasteiger partial charge in [0.15, 0.2) is 0 Å². The molecule has 13 heavy (non-hydrogen) atoms. The monoisotopic (exact) mass is 238 g/mol. The first-order valence-electron chi connectivity index (χ1n) is 3.28. The van der Waals surface area contributed by atoms with E-state index in [9.17, 15) is 8.42 Å². The summed E-state index contributed by atoms with van der Waals surface area (Å²) in [6.07, 6.45) is 0. The molecule has 1 aromatic carbocycles. The van der Waals surface area contributed by atoms with E-state index in [1.54, 1.807) is 0 Å². The zero-order valence-corrected chi connectivity index (χ0v) is 8.99. The Balaban J connectivity index is 3.33. The van der Waals surface area contributed by atoms with Gasteiger partial charge in [-0.25, -0.2) is 8.42 Å². The topological polar surface area (TPSA) is 48.2 Å². The van der Waals surface area contributed by atoms with Crippen molar-refractivity contribution in [3.8, 4) is 0 Å². The van der Waals surface area contributed by atoms with Gasteiger partial charge in [0.2, 0.25) is 0 Å². The molecular weight excluding hydrogens is 233 g/mol. The highest BCUT2D eigenvalue weighted by atomic mass is 35.5. The molecule has 0 saturated heterocycles. The molecule has 71 valence electrons. The molecule has 0 fully saturated rings. The summed E-state index contributed by atoms with van der Waals surface area (Å²) in [5, 5.41) is 0.471. The smallest absolute Gasteiger partial charge is 0.206 e. The van der Waals surface area contributed by atoms with Crippen molar-refractivity contribution in [3.05, 3.63) is 28.2 Å². The summed E-state index contributed by atoms with van der Waals surface area (Å²) >= 11 is 11.3. The lowest BCUT2D eigenvalue weighted by Crippen LogP contribution is -2.11. The summed E-state index contributed by atoms with van der Waals surface area (Å²) in [6, 6.07) is 4.14. The van der Waals surface area contributed by atoms with E-state index in [2.05, 4.69) is 4.72 Å². The highest BCUT2D eigenvalue weighted by Gasteiger charge is 2.16. The molecule has 0 bridgehead atoms. The van der Waals surface area contributed by atoms with Crippen LogP contribution in [0.2, 0.25) is 10.0 Å². The zero-order valence-electron chi connectivity index (χ0n) is 6.66. The van der Waals surface area contributed by atoms with Gasteiger partial charge < -0.3 is 0 Å². The average Bonchev–Trinajstić information content (AvgIpc) is 2.03. The predicted molar refractivity (Wildman–Crippen MR) is 51.7 cm³/mol. The minimum atomic E-state index is -3.61. The molecule has 0 amide bonds. The van der Waals surface area contributed by atoms with Gasteiger partial charge >= 0.3 is 0 Å². The summed E-state index contributed by atoms with van der Waals surface area (Å²) in [5.41, 5.74) is 0. The fraction of sp³-hybridized carbons (Fsp3) is 0.143. The van der Waals surface area contributed by atoms with E-state index in [1.807, 2.05) is 0 Å². The van der Waals surface area contributed by atoms with Gasteiger partial charge in [-0.15, -0.1) is 4.72 Å². The Morgan fingerprint density at radius 1 is 1.31 bits per heavy atom. The van der Waals surface area contributed by atoms with Crippen molar-refractivity contribution in [2.45, 2.75) is 4.90 Å². The molecule has 6 heteroatoms. The van der Waals surface area contributed by atoms with Gasteiger partial charge in [-0.3, -0.25) is 0 Å². The second-order valence-electron chi connectivity index (χ2n) is 2.23. The molecule has 0 aliphatic rings. The van der Waals surface area contributed by atoms with Crippen molar-refractivity contribution in [2.75, 3.05) is 7.05 Å². The van der Waals surface area contributed by atoms with Crippen molar-refractivity contribution in [3.63, 3.8) is 0 Å². The van der Waals surface area contributed by atoms with Gasteiger partial charge in [0, 0.05) is 12.1 Å². The van der Waals surface area contributed by atoms with E-state index in [-0.39, 0.29) is 9.92 Å². The maximum Gasteiger partial charge on any atom is 0.258 e. The molecule has 0 spiro atoms. The van der Waals surface area contributed by atoms with Crippen LogP contribution in [-0.2, 0) is 10.0 Å². The van der Waals surface area contributed by atoms with Crippen LogP contribution in [-0.4, -0.2) is 15.5 Å². The number of sulfonamides is 1. The van der Waals surface area contributed by atoms with Crippen LogP contribution in [0.5, 0.6) is 0 Å². The standard InChI is InChI=1S/C7H6Cl2NO2S/c1-10-13(11,12)7-3-2-5(8)4-6(7)9/h2-4H,1H3. The molecule has 1 radical (unpaired) electrons. The first-order chi connectivity index (χ1) is 5.97. The maximum absolute atomic E-state index is 11.2. The van der Waals surface area contributed by atoms with Crippen LogP contribution in [0.3, 0.4) is 0 Å². The lowest BCUT2D eigenvalue weighted by atomic mass is 10.4. The second-order valence-corrected chi connectivity index (χ2v) is 4.83. The number of rotatable bonds is 2. The number of benzene rings is 1. The van der Waals surface area contributed by atoms with Crippen molar-refractivity contribution in [1.82, 2.24) is 4.72 Å².